The number of amides is 2. The number of hydrogen-bond acceptors (Lipinski definition) is 2. The van der Waals surface area contributed by atoms with Crippen LogP contribution in [0.4, 0.5) is 5.69 Å². The number of carbonyl (C=O) groups is 2. The van der Waals surface area contributed by atoms with Gasteiger partial charge in [0.05, 0.1) is 0 Å². The van der Waals surface area contributed by atoms with E-state index >= 15 is 0 Å². The molecule has 0 aliphatic carbocycles. The quantitative estimate of drug-likeness (QED) is 0.785. The van der Waals surface area contributed by atoms with Gasteiger partial charge in [0.15, 0.2) is 0 Å². The van der Waals surface area contributed by atoms with Gasteiger partial charge in [0, 0.05) is 17.3 Å². The maximum atomic E-state index is 12.7. The van der Waals surface area contributed by atoms with Gasteiger partial charge in [-0.3, -0.25) is 9.59 Å². The van der Waals surface area contributed by atoms with Gasteiger partial charge in [-0.1, -0.05) is 48.0 Å². The first-order valence-electron chi connectivity index (χ1n) is 8.13. The molecule has 2 aromatic rings. The van der Waals surface area contributed by atoms with Gasteiger partial charge in [-0.15, -0.1) is 0 Å². The number of aryl methyl sites for hydroxylation is 2. The fourth-order valence-electron chi connectivity index (χ4n) is 2.42. The summed E-state index contributed by atoms with van der Waals surface area (Å²) in [7, 11) is 0. The molecular formula is C20H23ClN2O2. The number of anilines is 1. The summed E-state index contributed by atoms with van der Waals surface area (Å²) < 4.78 is 0. The lowest BCUT2D eigenvalue weighted by Gasteiger charge is -2.24. The molecule has 0 bridgehead atoms. The Hall–Kier alpha value is -2.33. The molecule has 2 N–H and O–H groups in total. The Labute approximate surface area is 153 Å². The van der Waals surface area contributed by atoms with E-state index in [-0.39, 0.29) is 18.4 Å². The van der Waals surface area contributed by atoms with E-state index in [4.69, 9.17) is 11.6 Å². The maximum absolute atomic E-state index is 12.7. The van der Waals surface area contributed by atoms with Crippen molar-refractivity contribution in [3.63, 3.8) is 0 Å². The summed E-state index contributed by atoms with van der Waals surface area (Å²) in [5, 5.41) is 6.26. The third-order valence-electron chi connectivity index (χ3n) is 4.25. The highest BCUT2D eigenvalue weighted by Gasteiger charge is 2.36. The number of hydrogen-bond donors (Lipinski definition) is 2. The highest BCUT2D eigenvalue weighted by Crippen LogP contribution is 2.24. The average Bonchev–Trinajstić information content (AvgIpc) is 2.57. The molecule has 0 saturated heterocycles. The molecule has 2 amide bonds. The van der Waals surface area contributed by atoms with Crippen molar-refractivity contribution in [3.8, 4) is 0 Å². The number of nitrogens with one attached hydrogen (secondary N) is 2. The fourth-order valence-corrected chi connectivity index (χ4v) is 2.63. The first-order chi connectivity index (χ1) is 11.7. The second kappa shape index (κ2) is 7.70. The van der Waals surface area contributed by atoms with Crippen LogP contribution in [0.1, 0.15) is 30.5 Å². The van der Waals surface area contributed by atoms with Crippen LogP contribution in [0.3, 0.4) is 0 Å². The minimum Gasteiger partial charge on any atom is -0.351 e. The highest BCUT2D eigenvalue weighted by molar-refractivity contribution is 6.31. The van der Waals surface area contributed by atoms with Crippen molar-refractivity contribution in [2.75, 3.05) is 5.32 Å². The van der Waals surface area contributed by atoms with Gasteiger partial charge in [-0.2, -0.15) is 0 Å². The number of rotatable bonds is 5. The Kier molecular flexibility index (Phi) is 5.85. The SMILES string of the molecule is Cc1cccc(C)c1NC(=O)C(C)(C)C(=O)NCc1ccccc1Cl. The summed E-state index contributed by atoms with van der Waals surface area (Å²) in [6.07, 6.45) is 0. The zero-order chi connectivity index (χ0) is 18.6. The molecule has 2 rings (SSSR count). The van der Waals surface area contributed by atoms with Crippen LogP contribution >= 0.6 is 11.6 Å². The van der Waals surface area contributed by atoms with Gasteiger partial charge >= 0.3 is 0 Å². The molecule has 4 nitrogen and oxygen atoms in total. The number of carbonyl (C=O) groups excluding carboxylic acids is 2. The van der Waals surface area contributed by atoms with Gasteiger partial charge in [0.1, 0.15) is 5.41 Å². The minimum absolute atomic E-state index is 0.276. The maximum Gasteiger partial charge on any atom is 0.239 e. The minimum atomic E-state index is -1.21. The molecule has 132 valence electrons. The van der Waals surface area contributed by atoms with E-state index < -0.39 is 5.41 Å². The molecule has 0 aliphatic rings. The van der Waals surface area contributed by atoms with Gasteiger partial charge in [0.25, 0.3) is 0 Å². The predicted molar refractivity (Wildman–Crippen MR) is 102 cm³/mol. The molecule has 2 aromatic carbocycles. The van der Waals surface area contributed by atoms with Crippen molar-refractivity contribution >= 4 is 29.1 Å². The number of halogens is 1. The first-order valence-corrected chi connectivity index (χ1v) is 8.50. The zero-order valence-corrected chi connectivity index (χ0v) is 15.7. The van der Waals surface area contributed by atoms with Gasteiger partial charge in [0.2, 0.25) is 11.8 Å². The lowest BCUT2D eigenvalue weighted by molar-refractivity contribution is -0.138. The van der Waals surface area contributed by atoms with Crippen LogP contribution in [0.5, 0.6) is 0 Å². The Morgan fingerprint density at radius 2 is 1.56 bits per heavy atom. The van der Waals surface area contributed by atoms with Crippen LogP contribution in [-0.2, 0) is 16.1 Å². The normalized spacial score (nSPS) is 11.1. The largest absolute Gasteiger partial charge is 0.351 e. The molecule has 0 atom stereocenters. The molecule has 0 fully saturated rings. The summed E-state index contributed by atoms with van der Waals surface area (Å²) in [5.41, 5.74) is 2.26. The van der Waals surface area contributed by atoms with Crippen molar-refractivity contribution in [3.05, 3.63) is 64.2 Å². The van der Waals surface area contributed by atoms with E-state index in [1.165, 1.54) is 0 Å². The lowest BCUT2D eigenvalue weighted by atomic mass is 9.90. The molecule has 25 heavy (non-hydrogen) atoms. The Morgan fingerprint density at radius 1 is 0.960 bits per heavy atom. The number of para-hydroxylation sites is 1. The van der Waals surface area contributed by atoms with Crippen molar-refractivity contribution < 1.29 is 9.59 Å². The van der Waals surface area contributed by atoms with E-state index in [2.05, 4.69) is 10.6 Å². The molecule has 0 spiro atoms. The summed E-state index contributed by atoms with van der Waals surface area (Å²) in [4.78, 5) is 25.2. The fraction of sp³-hybridized carbons (Fsp3) is 0.300. The van der Waals surface area contributed by atoms with Crippen LogP contribution < -0.4 is 10.6 Å². The van der Waals surface area contributed by atoms with Crippen molar-refractivity contribution in [1.82, 2.24) is 5.32 Å². The van der Waals surface area contributed by atoms with E-state index in [0.29, 0.717) is 5.02 Å². The molecule has 0 aromatic heterocycles. The van der Waals surface area contributed by atoms with Crippen LogP contribution in [0, 0.1) is 19.3 Å². The predicted octanol–water partition coefficient (Wildman–Crippen LogP) is 4.24. The lowest BCUT2D eigenvalue weighted by Crippen LogP contribution is -2.45. The molecule has 0 unspecified atom stereocenters. The third-order valence-corrected chi connectivity index (χ3v) is 4.62. The molecule has 0 heterocycles. The van der Waals surface area contributed by atoms with Gasteiger partial charge in [-0.25, -0.2) is 0 Å². The highest BCUT2D eigenvalue weighted by atomic mass is 35.5. The summed E-state index contributed by atoms with van der Waals surface area (Å²) in [5.74, 6) is -0.697. The van der Waals surface area contributed by atoms with Crippen molar-refractivity contribution in [2.45, 2.75) is 34.2 Å². The van der Waals surface area contributed by atoms with Crippen LogP contribution in [-0.4, -0.2) is 11.8 Å². The summed E-state index contributed by atoms with van der Waals surface area (Å²) in [6, 6.07) is 13.1. The smallest absolute Gasteiger partial charge is 0.239 e. The molecule has 5 heteroatoms. The molecule has 0 saturated carbocycles. The van der Waals surface area contributed by atoms with Gasteiger partial charge in [-0.05, 0) is 50.5 Å². The standard InChI is InChI=1S/C20H23ClN2O2/c1-13-8-7-9-14(2)17(13)23-19(25)20(3,4)18(24)22-12-15-10-5-6-11-16(15)21/h5-11H,12H2,1-4H3,(H,22,24)(H,23,25). The van der Waals surface area contributed by atoms with Gasteiger partial charge < -0.3 is 10.6 Å². The Morgan fingerprint density at radius 3 is 2.16 bits per heavy atom. The van der Waals surface area contributed by atoms with Crippen molar-refractivity contribution in [2.24, 2.45) is 5.41 Å². The first kappa shape index (κ1) is 19.0. The summed E-state index contributed by atoms with van der Waals surface area (Å²) >= 11 is 6.10. The number of benzene rings is 2. The Balaban J connectivity index is 2.07. The van der Waals surface area contributed by atoms with Crippen molar-refractivity contribution in [1.29, 1.82) is 0 Å². The average molecular weight is 359 g/mol. The monoisotopic (exact) mass is 358 g/mol. The van der Waals surface area contributed by atoms with E-state index in [0.717, 1.165) is 22.4 Å². The Bertz CT molecular complexity index is 780. The van der Waals surface area contributed by atoms with Crippen LogP contribution in [0.15, 0.2) is 42.5 Å². The zero-order valence-electron chi connectivity index (χ0n) is 14.9. The van der Waals surface area contributed by atoms with Crippen LogP contribution in [0.25, 0.3) is 0 Å². The summed E-state index contributed by atoms with van der Waals surface area (Å²) in [6.45, 7) is 7.34. The van der Waals surface area contributed by atoms with E-state index in [1.54, 1.807) is 19.9 Å². The van der Waals surface area contributed by atoms with E-state index in [9.17, 15) is 9.59 Å². The molecule has 0 aliphatic heterocycles. The topological polar surface area (TPSA) is 58.2 Å². The molecular weight excluding hydrogens is 336 g/mol. The van der Waals surface area contributed by atoms with E-state index in [1.807, 2.05) is 50.2 Å². The third kappa shape index (κ3) is 4.40. The second-order valence-corrected chi connectivity index (χ2v) is 7.03. The molecule has 0 radical (unpaired) electrons. The van der Waals surface area contributed by atoms with Crippen LogP contribution in [0.2, 0.25) is 5.02 Å². The second-order valence-electron chi connectivity index (χ2n) is 6.62.